The van der Waals surface area contributed by atoms with Crippen LogP contribution in [0.3, 0.4) is 0 Å². The maximum Gasteiger partial charge on any atom is 0.416 e. The van der Waals surface area contributed by atoms with Gasteiger partial charge in [-0.25, -0.2) is 0 Å². The molecular formula is C14H16F3NO3. The Labute approximate surface area is 120 Å². The summed E-state index contributed by atoms with van der Waals surface area (Å²) in [6.07, 6.45) is -3.51. The molecular weight excluding hydrogens is 287 g/mol. The Bertz CT molecular complexity index is 497. The zero-order chi connectivity index (χ0) is 16.0. The summed E-state index contributed by atoms with van der Waals surface area (Å²) >= 11 is 0. The van der Waals surface area contributed by atoms with Crippen LogP contribution in [0.15, 0.2) is 24.3 Å². The topological polar surface area (TPSA) is 66.4 Å². The van der Waals surface area contributed by atoms with Crippen molar-refractivity contribution in [2.24, 2.45) is 0 Å². The third-order valence-electron chi connectivity index (χ3n) is 2.87. The molecule has 4 nitrogen and oxygen atoms in total. The first-order chi connectivity index (χ1) is 9.74. The van der Waals surface area contributed by atoms with E-state index >= 15 is 0 Å². The standard InChI is InChI=1S/C14H16F3NO3/c1-2-3-11(8-12(19)20)18-13(21)9-4-6-10(7-5-9)14(15,16)17/h4-7,11H,2-3,8H2,1H3,(H,18,21)(H,19,20). The van der Waals surface area contributed by atoms with Crippen LogP contribution in [0.5, 0.6) is 0 Å². The van der Waals surface area contributed by atoms with Gasteiger partial charge in [0.05, 0.1) is 12.0 Å². The lowest BCUT2D eigenvalue weighted by molar-refractivity contribution is -0.138. The van der Waals surface area contributed by atoms with E-state index in [0.717, 1.165) is 24.3 Å². The lowest BCUT2D eigenvalue weighted by Gasteiger charge is -2.16. The molecule has 0 bridgehead atoms. The third-order valence-corrected chi connectivity index (χ3v) is 2.87. The van der Waals surface area contributed by atoms with E-state index in [-0.39, 0.29) is 12.0 Å². The van der Waals surface area contributed by atoms with Gasteiger partial charge in [0.2, 0.25) is 0 Å². The van der Waals surface area contributed by atoms with Gasteiger partial charge in [0.1, 0.15) is 0 Å². The number of aliphatic carboxylic acids is 1. The molecule has 0 aliphatic heterocycles. The molecule has 1 atom stereocenters. The first kappa shape index (κ1) is 17.0. The molecule has 0 aromatic heterocycles. The fourth-order valence-electron chi connectivity index (χ4n) is 1.86. The molecule has 1 aromatic rings. The predicted octanol–water partition coefficient (Wildman–Crippen LogP) is 3.08. The number of hydrogen-bond donors (Lipinski definition) is 2. The van der Waals surface area contributed by atoms with Crippen LogP contribution in [0.4, 0.5) is 13.2 Å². The van der Waals surface area contributed by atoms with Crippen LogP contribution in [0, 0.1) is 0 Å². The summed E-state index contributed by atoms with van der Waals surface area (Å²) in [5.74, 6) is -1.62. The molecule has 21 heavy (non-hydrogen) atoms. The van der Waals surface area contributed by atoms with Crippen molar-refractivity contribution < 1.29 is 27.9 Å². The van der Waals surface area contributed by atoms with Crippen molar-refractivity contribution in [1.29, 1.82) is 0 Å². The molecule has 0 heterocycles. The number of carboxylic acids is 1. The van der Waals surface area contributed by atoms with Gasteiger partial charge in [-0.05, 0) is 30.7 Å². The van der Waals surface area contributed by atoms with Crippen molar-refractivity contribution in [2.75, 3.05) is 0 Å². The van der Waals surface area contributed by atoms with Gasteiger partial charge in [0, 0.05) is 11.6 Å². The number of halogens is 3. The van der Waals surface area contributed by atoms with Gasteiger partial charge in [-0.3, -0.25) is 9.59 Å². The van der Waals surface area contributed by atoms with Crippen molar-refractivity contribution in [1.82, 2.24) is 5.32 Å². The largest absolute Gasteiger partial charge is 0.481 e. The number of nitrogens with one attached hydrogen (secondary N) is 1. The normalized spacial score (nSPS) is 12.8. The summed E-state index contributed by atoms with van der Waals surface area (Å²) in [5.41, 5.74) is -0.774. The number of carbonyl (C=O) groups excluding carboxylic acids is 1. The highest BCUT2D eigenvalue weighted by molar-refractivity contribution is 5.94. The van der Waals surface area contributed by atoms with Gasteiger partial charge in [0.15, 0.2) is 0 Å². The Balaban J connectivity index is 2.76. The van der Waals surface area contributed by atoms with Crippen molar-refractivity contribution in [3.8, 4) is 0 Å². The minimum Gasteiger partial charge on any atom is -0.481 e. The van der Waals surface area contributed by atoms with Gasteiger partial charge in [-0.2, -0.15) is 13.2 Å². The Hall–Kier alpha value is -2.05. The molecule has 0 fully saturated rings. The average molecular weight is 303 g/mol. The summed E-state index contributed by atoms with van der Waals surface area (Å²) in [6.45, 7) is 1.85. The van der Waals surface area contributed by atoms with E-state index in [1.165, 1.54) is 0 Å². The third kappa shape index (κ3) is 5.45. The number of carbonyl (C=O) groups is 2. The SMILES string of the molecule is CCCC(CC(=O)O)NC(=O)c1ccc(C(F)(F)F)cc1. The molecule has 2 N–H and O–H groups in total. The maximum absolute atomic E-state index is 12.4. The first-order valence-electron chi connectivity index (χ1n) is 6.44. The van der Waals surface area contributed by atoms with Gasteiger partial charge in [-0.1, -0.05) is 13.3 Å². The van der Waals surface area contributed by atoms with Crippen LogP contribution in [-0.2, 0) is 11.0 Å². The van der Waals surface area contributed by atoms with Crippen molar-refractivity contribution >= 4 is 11.9 Å². The summed E-state index contributed by atoms with van der Waals surface area (Å²) < 4.78 is 37.2. The second-order valence-electron chi connectivity index (χ2n) is 4.63. The first-order valence-corrected chi connectivity index (χ1v) is 6.44. The molecule has 0 aliphatic rings. The monoisotopic (exact) mass is 303 g/mol. The van der Waals surface area contributed by atoms with Crippen LogP contribution in [-0.4, -0.2) is 23.0 Å². The van der Waals surface area contributed by atoms with Gasteiger partial charge in [0.25, 0.3) is 5.91 Å². The van der Waals surface area contributed by atoms with E-state index in [0.29, 0.717) is 12.8 Å². The number of benzene rings is 1. The zero-order valence-corrected chi connectivity index (χ0v) is 11.4. The minimum absolute atomic E-state index is 0.0643. The number of amides is 1. The van der Waals surface area contributed by atoms with Crippen LogP contribution in [0.1, 0.15) is 42.1 Å². The zero-order valence-electron chi connectivity index (χ0n) is 11.4. The number of alkyl halides is 3. The Morgan fingerprint density at radius 2 is 1.81 bits per heavy atom. The molecule has 7 heteroatoms. The predicted molar refractivity (Wildman–Crippen MR) is 69.9 cm³/mol. The molecule has 116 valence electrons. The van der Waals surface area contributed by atoms with E-state index in [2.05, 4.69) is 5.32 Å². The molecule has 0 saturated heterocycles. The van der Waals surface area contributed by atoms with E-state index < -0.39 is 29.7 Å². The molecule has 1 amide bonds. The molecule has 1 rings (SSSR count). The smallest absolute Gasteiger partial charge is 0.416 e. The van der Waals surface area contributed by atoms with Crippen molar-refractivity contribution in [3.63, 3.8) is 0 Å². The van der Waals surface area contributed by atoms with Crippen LogP contribution >= 0.6 is 0 Å². The Morgan fingerprint density at radius 1 is 1.24 bits per heavy atom. The van der Waals surface area contributed by atoms with E-state index in [1.54, 1.807) is 0 Å². The molecule has 0 spiro atoms. The Kier molecular flexibility index (Phi) is 5.75. The highest BCUT2D eigenvalue weighted by atomic mass is 19.4. The van der Waals surface area contributed by atoms with Crippen LogP contribution < -0.4 is 5.32 Å². The van der Waals surface area contributed by atoms with Crippen molar-refractivity contribution in [3.05, 3.63) is 35.4 Å². The second-order valence-corrected chi connectivity index (χ2v) is 4.63. The summed E-state index contributed by atoms with van der Waals surface area (Å²) in [4.78, 5) is 22.6. The highest BCUT2D eigenvalue weighted by Gasteiger charge is 2.30. The van der Waals surface area contributed by atoms with E-state index in [9.17, 15) is 22.8 Å². The Morgan fingerprint density at radius 3 is 2.24 bits per heavy atom. The molecule has 1 aromatic carbocycles. The molecule has 0 aliphatic carbocycles. The number of hydrogen-bond acceptors (Lipinski definition) is 2. The van der Waals surface area contributed by atoms with E-state index in [4.69, 9.17) is 5.11 Å². The quantitative estimate of drug-likeness (QED) is 0.848. The minimum atomic E-state index is -4.46. The number of carboxylic acid groups (broad SMARTS) is 1. The van der Waals surface area contributed by atoms with Crippen LogP contribution in [0.2, 0.25) is 0 Å². The summed E-state index contributed by atoms with van der Waals surface area (Å²) in [7, 11) is 0. The fraction of sp³-hybridized carbons (Fsp3) is 0.429. The average Bonchev–Trinajstić information content (AvgIpc) is 2.37. The highest BCUT2D eigenvalue weighted by Crippen LogP contribution is 2.29. The maximum atomic E-state index is 12.4. The van der Waals surface area contributed by atoms with Gasteiger partial charge < -0.3 is 10.4 Å². The van der Waals surface area contributed by atoms with Gasteiger partial charge in [-0.15, -0.1) is 0 Å². The lowest BCUT2D eigenvalue weighted by Crippen LogP contribution is -2.36. The molecule has 1 unspecified atom stereocenters. The lowest BCUT2D eigenvalue weighted by atomic mass is 10.1. The summed E-state index contributed by atoms with van der Waals surface area (Å²) in [6, 6.07) is 3.24. The van der Waals surface area contributed by atoms with E-state index in [1.807, 2.05) is 6.92 Å². The molecule has 0 saturated carbocycles. The number of rotatable bonds is 6. The van der Waals surface area contributed by atoms with Gasteiger partial charge >= 0.3 is 12.1 Å². The summed E-state index contributed by atoms with van der Waals surface area (Å²) in [5, 5.41) is 11.3. The van der Waals surface area contributed by atoms with Crippen LogP contribution in [0.25, 0.3) is 0 Å². The second kappa shape index (κ2) is 7.10. The van der Waals surface area contributed by atoms with Crippen molar-refractivity contribution in [2.45, 2.75) is 38.4 Å². The fourth-order valence-corrected chi connectivity index (χ4v) is 1.86. The molecule has 0 radical (unpaired) electrons.